The quantitative estimate of drug-likeness (QED) is 0.453. The molecule has 1 aliphatic heterocycles. The fraction of sp³-hybridized carbons (Fsp3) is 0.280. The Morgan fingerprint density at radius 3 is 2.35 bits per heavy atom. The maximum Gasteiger partial charge on any atom is 0.387 e. The van der Waals surface area contributed by atoms with Gasteiger partial charge in [0.2, 0.25) is 0 Å². The molecule has 0 aromatic heterocycles. The maximum atomic E-state index is 15.1. The molecule has 0 saturated carbocycles. The molecule has 178 valence electrons. The molecule has 1 atom stereocenters. The summed E-state index contributed by atoms with van der Waals surface area (Å²) in [6.07, 6.45) is 0.265. The summed E-state index contributed by atoms with van der Waals surface area (Å²) in [6.45, 7) is 0.276. The van der Waals surface area contributed by atoms with Crippen LogP contribution in [0.5, 0.6) is 11.5 Å². The number of nitrogens with zero attached hydrogens (tertiary/aromatic N) is 1. The lowest BCUT2D eigenvalue weighted by Crippen LogP contribution is -2.24. The summed E-state index contributed by atoms with van der Waals surface area (Å²) in [5, 5.41) is 10.1. The van der Waals surface area contributed by atoms with Crippen molar-refractivity contribution in [3.8, 4) is 11.5 Å². The zero-order valence-electron chi connectivity index (χ0n) is 18.5. The minimum Gasteiger partial charge on any atom is -0.492 e. The monoisotopic (exact) mass is 473 g/mol. The second-order valence-electron chi connectivity index (χ2n) is 7.77. The molecule has 0 fully saturated rings. The highest BCUT2D eigenvalue weighted by molar-refractivity contribution is 6.17. The topological polar surface area (TPSA) is 76.1 Å². The molecule has 0 radical (unpaired) electrons. The van der Waals surface area contributed by atoms with E-state index in [0.29, 0.717) is 10.8 Å². The maximum absolute atomic E-state index is 15.1. The number of rotatable bonds is 8. The van der Waals surface area contributed by atoms with Gasteiger partial charge in [-0.15, -0.1) is 0 Å². The van der Waals surface area contributed by atoms with Crippen LogP contribution >= 0.6 is 0 Å². The molecule has 1 heterocycles. The second kappa shape index (κ2) is 9.24. The van der Waals surface area contributed by atoms with Crippen LogP contribution in [0.15, 0.2) is 42.5 Å². The predicted molar refractivity (Wildman–Crippen MR) is 119 cm³/mol. The van der Waals surface area contributed by atoms with E-state index in [1.54, 1.807) is 38.1 Å². The number of carbonyl (C=O) groups is 2. The van der Waals surface area contributed by atoms with E-state index in [4.69, 9.17) is 9.47 Å². The number of benzene rings is 3. The molecule has 1 unspecified atom stereocenters. The highest BCUT2D eigenvalue weighted by atomic mass is 19.3. The van der Waals surface area contributed by atoms with Gasteiger partial charge in [-0.1, -0.05) is 37.3 Å². The number of ether oxygens (including phenoxy) is 2. The van der Waals surface area contributed by atoms with Crippen LogP contribution in [-0.4, -0.2) is 30.2 Å². The molecule has 4 rings (SSSR count). The molecule has 1 aliphatic rings. The lowest BCUT2D eigenvalue weighted by atomic mass is 9.96. The van der Waals surface area contributed by atoms with E-state index in [0.717, 1.165) is 11.0 Å². The third kappa shape index (κ3) is 3.91. The van der Waals surface area contributed by atoms with Crippen LogP contribution in [0.4, 0.5) is 18.9 Å². The summed E-state index contributed by atoms with van der Waals surface area (Å²) in [4.78, 5) is 26.0. The zero-order chi connectivity index (χ0) is 24.6. The van der Waals surface area contributed by atoms with Gasteiger partial charge in [0.15, 0.2) is 0 Å². The molecular weight excluding hydrogens is 451 g/mol. The highest BCUT2D eigenvalue weighted by Gasteiger charge is 2.38. The molecule has 9 heteroatoms. The number of carboxylic acids is 1. The number of hydrogen-bond donors (Lipinski definition) is 1. The predicted octanol–water partition coefficient (Wildman–Crippen LogP) is 5.72. The van der Waals surface area contributed by atoms with Crippen LogP contribution in [-0.2, 0) is 11.3 Å². The number of anilines is 1. The van der Waals surface area contributed by atoms with Crippen molar-refractivity contribution in [3.05, 3.63) is 65.0 Å². The van der Waals surface area contributed by atoms with Gasteiger partial charge in [0.05, 0.1) is 30.3 Å². The van der Waals surface area contributed by atoms with Gasteiger partial charge in [0.25, 0.3) is 5.91 Å². The Kier molecular flexibility index (Phi) is 6.37. The van der Waals surface area contributed by atoms with Crippen molar-refractivity contribution < 1.29 is 37.3 Å². The lowest BCUT2D eigenvalue weighted by Gasteiger charge is -2.19. The smallest absolute Gasteiger partial charge is 0.387 e. The van der Waals surface area contributed by atoms with Gasteiger partial charge in [-0.25, -0.2) is 4.39 Å². The highest BCUT2D eigenvalue weighted by Crippen LogP contribution is 2.47. The van der Waals surface area contributed by atoms with Crippen molar-refractivity contribution in [1.82, 2.24) is 0 Å². The summed E-state index contributed by atoms with van der Waals surface area (Å²) < 4.78 is 52.3. The first-order valence-corrected chi connectivity index (χ1v) is 10.8. The summed E-state index contributed by atoms with van der Waals surface area (Å²) in [5.41, 5.74) is 0.382. The van der Waals surface area contributed by atoms with Gasteiger partial charge >= 0.3 is 12.6 Å². The minimum absolute atomic E-state index is 0.0386. The van der Waals surface area contributed by atoms with Gasteiger partial charge in [-0.2, -0.15) is 8.78 Å². The lowest BCUT2D eigenvalue weighted by molar-refractivity contribution is -0.138. The van der Waals surface area contributed by atoms with Crippen LogP contribution in [0, 0.1) is 5.82 Å². The van der Waals surface area contributed by atoms with Crippen LogP contribution in [0.3, 0.4) is 0 Å². The number of halogens is 3. The first-order chi connectivity index (χ1) is 16.3. The summed E-state index contributed by atoms with van der Waals surface area (Å²) in [7, 11) is 0. The van der Waals surface area contributed by atoms with Crippen LogP contribution in [0.2, 0.25) is 0 Å². The molecule has 0 saturated heterocycles. The van der Waals surface area contributed by atoms with Crippen LogP contribution in [0.1, 0.15) is 47.7 Å². The third-order valence-electron chi connectivity index (χ3n) is 5.86. The standard InChI is InChI=1S/C25H22F3NO5/c1-3-14(24(31)32)13-9-10-19(18(26)11-13)29-12-17-20(23(29)30)22(33-4-2)16-8-6-5-7-15(16)21(17)34-25(27)28/h5-11,14,25H,3-4,12H2,1-2H3,(H,31,32). The molecule has 0 aliphatic carbocycles. The van der Waals surface area contributed by atoms with Crippen LogP contribution in [0.25, 0.3) is 10.8 Å². The Bertz CT molecular complexity index is 1280. The summed E-state index contributed by atoms with van der Waals surface area (Å²) in [6, 6.07) is 10.4. The Morgan fingerprint density at radius 1 is 1.12 bits per heavy atom. The average Bonchev–Trinajstić information content (AvgIpc) is 3.13. The second-order valence-corrected chi connectivity index (χ2v) is 7.77. The molecule has 6 nitrogen and oxygen atoms in total. The largest absolute Gasteiger partial charge is 0.492 e. The van der Waals surface area contributed by atoms with Crippen molar-refractivity contribution in [2.45, 2.75) is 39.3 Å². The fourth-order valence-electron chi connectivity index (χ4n) is 4.39. The van der Waals surface area contributed by atoms with Crippen molar-refractivity contribution in [2.24, 2.45) is 0 Å². The van der Waals surface area contributed by atoms with E-state index in [2.05, 4.69) is 0 Å². The fourth-order valence-corrected chi connectivity index (χ4v) is 4.39. The third-order valence-corrected chi connectivity index (χ3v) is 5.86. The molecule has 0 spiro atoms. The van der Waals surface area contributed by atoms with Gasteiger partial charge in [-0.3, -0.25) is 9.59 Å². The Morgan fingerprint density at radius 2 is 1.79 bits per heavy atom. The average molecular weight is 473 g/mol. The molecule has 1 amide bonds. The molecule has 34 heavy (non-hydrogen) atoms. The Hall–Kier alpha value is -3.75. The van der Waals surface area contributed by atoms with Crippen molar-refractivity contribution in [2.75, 3.05) is 11.5 Å². The Balaban J connectivity index is 1.86. The van der Waals surface area contributed by atoms with Crippen molar-refractivity contribution in [1.29, 1.82) is 0 Å². The van der Waals surface area contributed by atoms with E-state index >= 15 is 4.39 Å². The number of hydrogen-bond acceptors (Lipinski definition) is 4. The van der Waals surface area contributed by atoms with Crippen molar-refractivity contribution in [3.63, 3.8) is 0 Å². The van der Waals surface area contributed by atoms with Gasteiger partial charge in [0.1, 0.15) is 17.3 Å². The Labute approximate surface area is 193 Å². The molecule has 0 bridgehead atoms. The molecule has 3 aromatic carbocycles. The minimum atomic E-state index is -3.13. The van der Waals surface area contributed by atoms with Crippen LogP contribution < -0.4 is 14.4 Å². The zero-order valence-corrected chi connectivity index (χ0v) is 18.5. The number of fused-ring (bicyclic) bond motifs is 2. The number of carbonyl (C=O) groups excluding carboxylic acids is 1. The summed E-state index contributed by atoms with van der Waals surface area (Å²) in [5.74, 6) is -3.33. The van der Waals surface area contributed by atoms with Gasteiger partial charge in [-0.05, 0) is 31.0 Å². The number of amides is 1. The van der Waals surface area contributed by atoms with E-state index in [1.165, 1.54) is 12.1 Å². The van der Waals surface area contributed by atoms with E-state index in [9.17, 15) is 23.5 Å². The van der Waals surface area contributed by atoms with Gasteiger partial charge in [0, 0.05) is 16.3 Å². The van der Waals surface area contributed by atoms with Crippen molar-refractivity contribution >= 4 is 28.3 Å². The number of alkyl halides is 2. The SMILES string of the molecule is CCOc1c2c(c(OC(F)F)c3ccccc13)CN(c1ccc(C(CC)C(=O)O)cc1F)C2=O. The van der Waals surface area contributed by atoms with E-state index in [-0.39, 0.29) is 53.4 Å². The summed E-state index contributed by atoms with van der Waals surface area (Å²) >= 11 is 0. The molecule has 3 aromatic rings. The normalized spacial score (nSPS) is 13.9. The number of aliphatic carboxylic acids is 1. The molecular formula is C25H22F3NO5. The first-order valence-electron chi connectivity index (χ1n) is 10.8. The van der Waals surface area contributed by atoms with Gasteiger partial charge < -0.3 is 19.5 Å². The first kappa shape index (κ1) is 23.4. The van der Waals surface area contributed by atoms with E-state index in [1.807, 2.05) is 0 Å². The molecule has 1 N–H and O–H groups in total. The van der Waals surface area contributed by atoms with E-state index < -0.39 is 30.2 Å². The number of carboxylic acid groups (broad SMARTS) is 1.